The summed E-state index contributed by atoms with van der Waals surface area (Å²) in [7, 11) is 2.01. The lowest BCUT2D eigenvalue weighted by atomic mass is 9.99. The Hall–Kier alpha value is -3.27. The van der Waals surface area contributed by atoms with Gasteiger partial charge in [-0.3, -0.25) is 0 Å². The lowest BCUT2D eigenvalue weighted by Gasteiger charge is -2.17. The fraction of sp³-hybridized carbons (Fsp3) is 0.407. The van der Waals surface area contributed by atoms with Gasteiger partial charge in [0.15, 0.2) is 0 Å². The van der Waals surface area contributed by atoms with E-state index < -0.39 is 17.8 Å². The van der Waals surface area contributed by atoms with Gasteiger partial charge < -0.3 is 34.4 Å². The Labute approximate surface area is 221 Å². The van der Waals surface area contributed by atoms with Gasteiger partial charge >= 0.3 is 5.97 Å². The second kappa shape index (κ2) is 12.3. The fourth-order valence-corrected chi connectivity index (χ4v) is 4.36. The molecule has 1 saturated heterocycles. The third-order valence-electron chi connectivity index (χ3n) is 6.21. The molecule has 2 aliphatic rings. The number of hydrogen-bond acceptors (Lipinski definition) is 8. The van der Waals surface area contributed by atoms with Crippen LogP contribution in [-0.2, 0) is 34.3 Å². The van der Waals surface area contributed by atoms with E-state index in [1.165, 1.54) is 5.69 Å². The molecule has 3 heterocycles. The third kappa shape index (κ3) is 7.15. The molecule has 1 aromatic carbocycles. The highest BCUT2D eigenvalue weighted by atomic mass is 35.5. The Balaban J connectivity index is 1.47. The molecule has 0 spiro atoms. The van der Waals surface area contributed by atoms with Crippen LogP contribution in [0.5, 0.6) is 11.5 Å². The number of phenols is 2. The number of aromatic hydroxyl groups is 2. The number of hydrogen-bond donors (Lipinski definition) is 3. The van der Waals surface area contributed by atoms with Gasteiger partial charge in [-0.2, -0.15) is 0 Å². The number of allylic oxidation sites excluding steroid dienone is 3. The predicted octanol–water partition coefficient (Wildman–Crippen LogP) is 4.01. The zero-order chi connectivity index (χ0) is 26.4. The van der Waals surface area contributed by atoms with Crippen molar-refractivity contribution < 1.29 is 29.3 Å². The summed E-state index contributed by atoms with van der Waals surface area (Å²) in [6.45, 7) is 3.64. The maximum atomic E-state index is 13.0. The first-order chi connectivity index (χ1) is 17.8. The molecule has 0 amide bonds. The zero-order valence-corrected chi connectivity index (χ0v) is 21.6. The van der Waals surface area contributed by atoms with E-state index in [0.717, 1.165) is 25.6 Å². The van der Waals surface area contributed by atoms with E-state index in [-0.39, 0.29) is 40.5 Å². The van der Waals surface area contributed by atoms with Gasteiger partial charge in [-0.05, 0) is 43.7 Å². The first kappa shape index (κ1) is 26.8. The zero-order valence-electron chi connectivity index (χ0n) is 20.9. The summed E-state index contributed by atoms with van der Waals surface area (Å²) in [6, 6.07) is 5.10. The van der Waals surface area contributed by atoms with Crippen molar-refractivity contribution in [2.75, 3.05) is 13.2 Å². The minimum absolute atomic E-state index is 0.0260. The lowest BCUT2D eigenvalue weighted by Crippen LogP contribution is -2.20. The van der Waals surface area contributed by atoms with Crippen molar-refractivity contribution in [1.82, 2.24) is 9.88 Å². The van der Waals surface area contributed by atoms with Gasteiger partial charge in [-0.25, -0.2) is 4.79 Å². The number of carbonyl (C=O) groups is 1. The quantitative estimate of drug-likeness (QED) is 0.215. The van der Waals surface area contributed by atoms with Crippen LogP contribution in [0.1, 0.15) is 41.4 Å². The molecule has 3 unspecified atom stereocenters. The minimum atomic E-state index is -0.736. The number of benzene rings is 1. The van der Waals surface area contributed by atoms with Gasteiger partial charge in [-0.1, -0.05) is 35.0 Å². The number of fused-ring (bicyclic) bond motifs is 2. The molecule has 9 nitrogen and oxygen atoms in total. The number of epoxide rings is 1. The summed E-state index contributed by atoms with van der Waals surface area (Å²) < 4.78 is 13.2. The van der Waals surface area contributed by atoms with E-state index in [9.17, 15) is 15.0 Å². The van der Waals surface area contributed by atoms with Crippen molar-refractivity contribution in [3.05, 3.63) is 70.5 Å². The van der Waals surface area contributed by atoms with Gasteiger partial charge in [0.25, 0.3) is 0 Å². The summed E-state index contributed by atoms with van der Waals surface area (Å²) in [5.41, 5.74) is 1.73. The molecule has 37 heavy (non-hydrogen) atoms. The largest absolute Gasteiger partial charge is 0.507 e. The van der Waals surface area contributed by atoms with Crippen LogP contribution in [0.4, 0.5) is 0 Å². The van der Waals surface area contributed by atoms with E-state index >= 15 is 0 Å². The number of nitrogens with zero attached hydrogens (tertiary/aromatic N) is 2. The van der Waals surface area contributed by atoms with Crippen LogP contribution in [0.3, 0.4) is 0 Å². The number of nitrogens with one attached hydrogen (secondary N) is 1. The van der Waals surface area contributed by atoms with Gasteiger partial charge in [0.2, 0.25) is 0 Å². The first-order valence-electron chi connectivity index (χ1n) is 12.3. The molecular formula is C27H32ClN3O6. The Kier molecular flexibility index (Phi) is 8.91. The van der Waals surface area contributed by atoms with Crippen LogP contribution in [0, 0.1) is 0 Å². The Bertz CT molecular complexity index is 1200. The lowest BCUT2D eigenvalue weighted by molar-refractivity contribution is 0.0306. The number of ether oxygens (including phenoxy) is 2. The Morgan fingerprint density at radius 3 is 2.92 bits per heavy atom. The number of rotatable bonds is 7. The number of aromatic nitrogens is 1. The number of carbonyl (C=O) groups excluding carboxylic acids is 1. The Morgan fingerprint density at radius 1 is 1.30 bits per heavy atom. The molecule has 3 atom stereocenters. The SMILES string of the molecule is CC1CC2OC2/C=C/C=C/C(=N\OCCCNCc2cccn2C)Cc2c(Cl)c(O)cc(O)c2C(=O)O1. The van der Waals surface area contributed by atoms with Crippen LogP contribution >= 0.6 is 11.6 Å². The van der Waals surface area contributed by atoms with E-state index in [0.29, 0.717) is 18.7 Å². The van der Waals surface area contributed by atoms with Gasteiger partial charge in [-0.15, -0.1) is 0 Å². The van der Waals surface area contributed by atoms with Crippen LogP contribution in [0.2, 0.25) is 5.02 Å². The third-order valence-corrected chi connectivity index (χ3v) is 6.63. The summed E-state index contributed by atoms with van der Waals surface area (Å²) in [6.07, 6.45) is 10.1. The molecule has 0 saturated carbocycles. The van der Waals surface area contributed by atoms with Crippen molar-refractivity contribution in [3.63, 3.8) is 0 Å². The number of phenolic OH excluding ortho intramolecular Hbond substituents is 2. The van der Waals surface area contributed by atoms with E-state index in [4.69, 9.17) is 25.9 Å². The minimum Gasteiger partial charge on any atom is -0.507 e. The van der Waals surface area contributed by atoms with Crippen molar-refractivity contribution in [2.45, 2.75) is 51.0 Å². The molecule has 1 fully saturated rings. The molecule has 0 aliphatic carbocycles. The van der Waals surface area contributed by atoms with E-state index in [1.54, 1.807) is 19.1 Å². The molecular weight excluding hydrogens is 498 g/mol. The highest BCUT2D eigenvalue weighted by Crippen LogP contribution is 2.38. The van der Waals surface area contributed by atoms with Crippen LogP contribution in [-0.4, -0.2) is 57.9 Å². The molecule has 198 valence electrons. The summed E-state index contributed by atoms with van der Waals surface area (Å²) in [4.78, 5) is 18.5. The topological polar surface area (TPSA) is 118 Å². The highest BCUT2D eigenvalue weighted by Gasteiger charge is 2.38. The van der Waals surface area contributed by atoms with Gasteiger partial charge in [0.1, 0.15) is 35.9 Å². The molecule has 4 rings (SSSR count). The molecule has 2 aromatic rings. The van der Waals surface area contributed by atoms with Crippen LogP contribution < -0.4 is 5.32 Å². The number of aryl methyl sites for hydroxylation is 1. The monoisotopic (exact) mass is 529 g/mol. The van der Waals surface area contributed by atoms with Crippen LogP contribution in [0.25, 0.3) is 0 Å². The molecule has 0 bridgehead atoms. The average molecular weight is 530 g/mol. The number of oxime groups is 1. The second-order valence-electron chi connectivity index (χ2n) is 9.15. The maximum absolute atomic E-state index is 13.0. The highest BCUT2D eigenvalue weighted by molar-refractivity contribution is 6.33. The summed E-state index contributed by atoms with van der Waals surface area (Å²) in [5, 5.41) is 28.3. The van der Waals surface area contributed by atoms with Crippen molar-refractivity contribution >= 4 is 23.3 Å². The smallest absolute Gasteiger partial charge is 0.342 e. The van der Waals surface area contributed by atoms with Crippen molar-refractivity contribution in [3.8, 4) is 11.5 Å². The fourth-order valence-electron chi connectivity index (χ4n) is 4.14. The van der Waals surface area contributed by atoms with E-state index in [1.807, 2.05) is 31.5 Å². The molecule has 3 N–H and O–H groups in total. The average Bonchev–Trinajstić information content (AvgIpc) is 3.45. The Morgan fingerprint density at radius 2 is 2.14 bits per heavy atom. The van der Waals surface area contributed by atoms with Crippen LogP contribution in [0.15, 0.2) is 53.9 Å². The summed E-state index contributed by atoms with van der Waals surface area (Å²) >= 11 is 6.37. The molecule has 1 aromatic heterocycles. The number of esters is 1. The maximum Gasteiger partial charge on any atom is 0.342 e. The van der Waals surface area contributed by atoms with Gasteiger partial charge in [0.05, 0.1) is 16.8 Å². The second-order valence-corrected chi connectivity index (χ2v) is 9.53. The van der Waals surface area contributed by atoms with E-state index in [2.05, 4.69) is 21.1 Å². The van der Waals surface area contributed by atoms with Gasteiger partial charge in [0, 0.05) is 44.4 Å². The number of halogens is 1. The van der Waals surface area contributed by atoms with Crippen molar-refractivity contribution in [2.24, 2.45) is 12.2 Å². The molecule has 2 aliphatic heterocycles. The summed E-state index contributed by atoms with van der Waals surface area (Å²) in [5.74, 6) is -1.50. The molecule has 10 heteroatoms. The number of cyclic esters (lactones) is 1. The standard InChI is InChI=1S/C27H32ClN3O6/c1-17-13-24-23(37-24)9-4-3-7-18(30-35-12-6-10-29-16-19-8-5-11-31(19)2)14-20-25(27(34)36-17)21(32)15-22(33)26(20)28/h3-5,7-9,11,15,17,23-24,29,32-33H,6,10,12-14,16H2,1-2H3/b7-3+,9-4+,30-18+. The normalized spacial score (nSPS) is 24.5. The predicted molar refractivity (Wildman–Crippen MR) is 140 cm³/mol. The van der Waals surface area contributed by atoms with Crippen molar-refractivity contribution in [1.29, 1.82) is 0 Å². The molecule has 0 radical (unpaired) electrons. The first-order valence-corrected chi connectivity index (χ1v) is 12.7.